The number of allylic oxidation sites excluding steroid dienone is 1. The highest BCUT2D eigenvalue weighted by Gasteiger charge is 2.31. The lowest BCUT2D eigenvalue weighted by atomic mass is 10.1. The minimum absolute atomic E-state index is 0.292. The van der Waals surface area contributed by atoms with E-state index >= 15 is 0 Å². The zero-order valence-corrected chi connectivity index (χ0v) is 20.7. The summed E-state index contributed by atoms with van der Waals surface area (Å²) < 4.78 is 40.4. The number of nitrogens with zero attached hydrogens (tertiary/aromatic N) is 3. The molecule has 0 fully saturated rings. The molecule has 0 aliphatic heterocycles. The molecule has 0 spiro atoms. The number of carboxylic acid groups (broad SMARTS) is 1. The first-order chi connectivity index (χ1) is 15.8. The summed E-state index contributed by atoms with van der Waals surface area (Å²) in [5, 5.41) is 12.2. The van der Waals surface area contributed by atoms with Gasteiger partial charge in [0.2, 0.25) is 5.96 Å². The predicted molar refractivity (Wildman–Crippen MR) is 130 cm³/mol. The van der Waals surface area contributed by atoms with E-state index in [1.807, 2.05) is 6.92 Å². The van der Waals surface area contributed by atoms with Gasteiger partial charge in [0.25, 0.3) is 0 Å². The van der Waals surface area contributed by atoms with Crippen molar-refractivity contribution in [2.24, 2.45) is 9.98 Å². The quantitative estimate of drug-likeness (QED) is 0.259. The molecule has 2 rings (SSSR count). The molecule has 0 aliphatic carbocycles. The number of alkyl halides is 3. The average Bonchev–Trinajstić information content (AvgIpc) is 3.07. The number of aliphatic imine (C=N–C) groups is 2. The fourth-order valence-electron chi connectivity index (χ4n) is 2.52. The molecule has 0 saturated carbocycles. The number of rotatable bonds is 9. The van der Waals surface area contributed by atoms with E-state index in [-0.39, 0.29) is 5.75 Å². The second-order valence-corrected chi connectivity index (χ2v) is 10.5. The molecule has 0 saturated heterocycles. The highest BCUT2D eigenvalue weighted by Crippen LogP contribution is 2.36. The maximum Gasteiger partial charge on any atom is 0.573 e. The molecule has 2 aromatic rings. The summed E-state index contributed by atoms with van der Waals surface area (Å²) in [6, 6.07) is 5.51. The number of benzene rings is 1. The van der Waals surface area contributed by atoms with Gasteiger partial charge in [-0.05, 0) is 57.7 Å². The number of hydrogen-bond donors (Lipinski definition) is 2. The molecular formula is C22H25F3N4O3S2. The number of carbonyl (C=O) groups is 1. The molecule has 0 atom stereocenters. The number of thiazole rings is 1. The molecule has 1 aromatic carbocycles. The van der Waals surface area contributed by atoms with Crippen molar-refractivity contribution in [3.8, 4) is 5.75 Å². The maximum absolute atomic E-state index is 12.3. The number of hydrogen-bond acceptors (Lipinski definition) is 6. The topological polar surface area (TPSA) is 96.2 Å². The Hall–Kier alpha value is -2.86. The number of carboxylic acids is 1. The number of aryl methyl sites for hydroxylation is 1. The van der Waals surface area contributed by atoms with Crippen LogP contribution in [0.5, 0.6) is 5.75 Å². The highest BCUT2D eigenvalue weighted by molar-refractivity contribution is 8.03. The Morgan fingerprint density at radius 2 is 1.97 bits per heavy atom. The average molecular weight is 515 g/mol. The maximum atomic E-state index is 12.3. The minimum Gasteiger partial charge on any atom is -0.480 e. The Morgan fingerprint density at radius 3 is 2.53 bits per heavy atom. The van der Waals surface area contributed by atoms with Crippen LogP contribution in [0.15, 0.2) is 44.8 Å². The zero-order chi connectivity index (χ0) is 25.5. The summed E-state index contributed by atoms with van der Waals surface area (Å²) in [5.41, 5.74) is 2.27. The number of aliphatic carboxylic acids is 1. The minimum atomic E-state index is -4.73. The number of guanidine groups is 1. The van der Waals surface area contributed by atoms with Crippen molar-refractivity contribution in [1.29, 1.82) is 0 Å². The Labute approximate surface area is 203 Å². The first-order valence-corrected chi connectivity index (χ1v) is 11.6. The fraction of sp³-hybridized carbons (Fsp3) is 0.364. The van der Waals surface area contributed by atoms with E-state index in [0.29, 0.717) is 28.8 Å². The van der Waals surface area contributed by atoms with Crippen LogP contribution in [-0.2, 0) is 11.2 Å². The second-order valence-electron chi connectivity index (χ2n) is 7.56. The zero-order valence-electron chi connectivity index (χ0n) is 19.1. The molecule has 1 heterocycles. The van der Waals surface area contributed by atoms with Gasteiger partial charge in [-0.2, -0.15) is 0 Å². The summed E-state index contributed by atoms with van der Waals surface area (Å²) in [4.78, 5) is 25.0. The molecule has 0 bridgehead atoms. The smallest absolute Gasteiger partial charge is 0.480 e. The standard InChI is InChI=1S/C22H25F3N4O3S2/c1-13(15-6-8-16(9-7-15)32-22(23,24)25)12-28-19(26-5)27-11-10-17-14(2)29-20(33-17)34-21(3,4)18(30)31/h6-9,12H,5,10-11H2,1-4H3,(H,27,28)(H,30,31)/b13-12+. The van der Waals surface area contributed by atoms with E-state index in [2.05, 4.69) is 31.7 Å². The van der Waals surface area contributed by atoms with Gasteiger partial charge in [0.05, 0.1) is 5.69 Å². The van der Waals surface area contributed by atoms with Gasteiger partial charge in [-0.25, -0.2) is 9.98 Å². The van der Waals surface area contributed by atoms with Gasteiger partial charge in [0, 0.05) is 24.0 Å². The van der Waals surface area contributed by atoms with E-state index in [0.717, 1.165) is 16.1 Å². The van der Waals surface area contributed by atoms with Crippen LogP contribution in [0.3, 0.4) is 0 Å². The molecule has 0 amide bonds. The molecule has 12 heteroatoms. The van der Waals surface area contributed by atoms with E-state index < -0.39 is 17.1 Å². The third-order valence-corrected chi connectivity index (χ3v) is 6.90. The van der Waals surface area contributed by atoms with Crippen LogP contribution in [0.2, 0.25) is 0 Å². The number of aromatic nitrogens is 1. The van der Waals surface area contributed by atoms with Crippen molar-refractivity contribution in [1.82, 2.24) is 10.3 Å². The van der Waals surface area contributed by atoms with E-state index in [9.17, 15) is 23.1 Å². The van der Waals surface area contributed by atoms with Gasteiger partial charge < -0.3 is 15.2 Å². The number of thioether (sulfide) groups is 1. The molecule has 0 aliphatic rings. The molecule has 1 aromatic heterocycles. The molecular weight excluding hydrogens is 489 g/mol. The Morgan fingerprint density at radius 1 is 1.32 bits per heavy atom. The molecule has 0 unspecified atom stereocenters. The third-order valence-electron chi connectivity index (χ3n) is 4.44. The Bertz CT molecular complexity index is 1080. The van der Waals surface area contributed by atoms with Gasteiger partial charge in [0.15, 0.2) is 4.34 Å². The van der Waals surface area contributed by atoms with Crippen LogP contribution in [0.1, 0.15) is 36.9 Å². The van der Waals surface area contributed by atoms with Crippen LogP contribution in [0.25, 0.3) is 5.57 Å². The second kappa shape index (κ2) is 11.5. The van der Waals surface area contributed by atoms with Crippen molar-refractivity contribution in [2.45, 2.75) is 49.6 Å². The molecule has 34 heavy (non-hydrogen) atoms. The van der Waals surface area contributed by atoms with Crippen molar-refractivity contribution in [3.63, 3.8) is 0 Å². The van der Waals surface area contributed by atoms with Gasteiger partial charge in [-0.3, -0.25) is 9.79 Å². The van der Waals surface area contributed by atoms with Crippen molar-refractivity contribution in [2.75, 3.05) is 6.54 Å². The molecule has 7 nitrogen and oxygen atoms in total. The SMILES string of the molecule is C=NC(=NCCc1sc(SC(C)(C)C(=O)O)nc1C)N/C=C(\C)c1ccc(OC(F)(F)F)cc1. The lowest BCUT2D eigenvalue weighted by Gasteiger charge is -2.15. The lowest BCUT2D eigenvalue weighted by molar-refractivity contribution is -0.274. The van der Waals surface area contributed by atoms with E-state index in [4.69, 9.17) is 0 Å². The predicted octanol–water partition coefficient (Wildman–Crippen LogP) is 5.56. The first-order valence-electron chi connectivity index (χ1n) is 10.00. The van der Waals surface area contributed by atoms with Gasteiger partial charge in [0.1, 0.15) is 10.5 Å². The number of ether oxygens (including phenoxy) is 1. The van der Waals surface area contributed by atoms with Crippen LogP contribution < -0.4 is 10.1 Å². The van der Waals surface area contributed by atoms with Crippen LogP contribution in [-0.4, -0.2) is 46.4 Å². The summed E-state index contributed by atoms with van der Waals surface area (Å²) in [5.74, 6) is -0.906. The van der Waals surface area contributed by atoms with Crippen molar-refractivity contribution < 1.29 is 27.8 Å². The largest absolute Gasteiger partial charge is 0.573 e. The third kappa shape index (κ3) is 8.49. The summed E-state index contributed by atoms with van der Waals surface area (Å²) >= 11 is 2.65. The normalized spacial score (nSPS) is 13.0. The Balaban J connectivity index is 1.97. The van der Waals surface area contributed by atoms with E-state index in [1.54, 1.807) is 27.0 Å². The summed E-state index contributed by atoms with van der Waals surface area (Å²) in [6.07, 6.45) is -2.50. The van der Waals surface area contributed by atoms with Crippen LogP contribution >= 0.6 is 23.1 Å². The van der Waals surface area contributed by atoms with Crippen LogP contribution in [0.4, 0.5) is 13.2 Å². The monoisotopic (exact) mass is 514 g/mol. The first kappa shape index (κ1) is 27.4. The summed E-state index contributed by atoms with van der Waals surface area (Å²) in [6.45, 7) is 10.8. The highest BCUT2D eigenvalue weighted by atomic mass is 32.2. The molecule has 0 radical (unpaired) electrons. The van der Waals surface area contributed by atoms with E-state index in [1.165, 1.54) is 47.4 Å². The number of halogens is 3. The number of nitrogens with one attached hydrogen (secondary N) is 1. The Kier molecular flexibility index (Phi) is 9.28. The van der Waals surface area contributed by atoms with Crippen LogP contribution in [0, 0.1) is 6.92 Å². The molecule has 184 valence electrons. The van der Waals surface area contributed by atoms with Gasteiger partial charge in [-0.15, -0.1) is 24.5 Å². The van der Waals surface area contributed by atoms with Crippen molar-refractivity contribution >= 4 is 47.3 Å². The summed E-state index contributed by atoms with van der Waals surface area (Å²) in [7, 11) is 0. The van der Waals surface area contributed by atoms with Gasteiger partial charge in [-0.1, -0.05) is 23.9 Å². The van der Waals surface area contributed by atoms with Gasteiger partial charge >= 0.3 is 12.3 Å². The lowest BCUT2D eigenvalue weighted by Crippen LogP contribution is -2.26. The fourth-order valence-corrected chi connectivity index (χ4v) is 5.10. The molecule has 2 N–H and O–H groups in total. The van der Waals surface area contributed by atoms with Crippen molar-refractivity contribution in [3.05, 3.63) is 46.6 Å².